The molecule has 0 saturated carbocycles. The Balaban J connectivity index is 1.99. The summed E-state index contributed by atoms with van der Waals surface area (Å²) in [5, 5.41) is 17.8. The van der Waals surface area contributed by atoms with E-state index in [9.17, 15) is 30.7 Å². The van der Waals surface area contributed by atoms with Crippen molar-refractivity contribution in [1.29, 1.82) is 5.26 Å². The first kappa shape index (κ1) is 21.1. The van der Waals surface area contributed by atoms with Crippen LogP contribution in [0.25, 0.3) is 11.1 Å². The van der Waals surface area contributed by atoms with E-state index in [1.807, 2.05) is 0 Å². The highest BCUT2D eigenvalue weighted by Crippen LogP contribution is 2.38. The maximum Gasteiger partial charge on any atom is 0.433 e. The zero-order valence-corrected chi connectivity index (χ0v) is 14.7. The van der Waals surface area contributed by atoms with Crippen molar-refractivity contribution in [3.8, 4) is 17.2 Å². The first-order valence-electron chi connectivity index (χ1n) is 8.12. The first-order valence-corrected chi connectivity index (χ1v) is 8.12. The minimum Gasteiger partial charge on any atom is -0.363 e. The highest BCUT2D eigenvalue weighted by molar-refractivity contribution is 5.66. The number of halogens is 7. The fourth-order valence-corrected chi connectivity index (χ4v) is 2.65. The molecular formula is C18H10F7N5. The van der Waals surface area contributed by atoms with Crippen LogP contribution >= 0.6 is 0 Å². The van der Waals surface area contributed by atoms with Crippen LogP contribution in [0.5, 0.6) is 0 Å². The molecule has 0 amide bonds. The van der Waals surface area contributed by atoms with Gasteiger partial charge < -0.3 is 5.32 Å². The van der Waals surface area contributed by atoms with E-state index in [0.29, 0.717) is 11.1 Å². The van der Waals surface area contributed by atoms with E-state index in [-0.39, 0.29) is 18.3 Å². The predicted molar refractivity (Wildman–Crippen MR) is 90.3 cm³/mol. The Morgan fingerprint density at radius 1 is 1.03 bits per heavy atom. The molecule has 0 aliphatic rings. The van der Waals surface area contributed by atoms with Crippen LogP contribution in [0, 0.1) is 17.1 Å². The molecule has 0 fully saturated rings. The van der Waals surface area contributed by atoms with Gasteiger partial charge in [-0.2, -0.15) is 36.7 Å². The highest BCUT2D eigenvalue weighted by Gasteiger charge is 2.41. The van der Waals surface area contributed by atoms with E-state index in [4.69, 9.17) is 5.26 Å². The average Bonchev–Trinajstić information content (AvgIpc) is 3.13. The summed E-state index contributed by atoms with van der Waals surface area (Å²) in [7, 11) is 0. The molecule has 0 unspecified atom stereocenters. The van der Waals surface area contributed by atoms with Crippen LogP contribution < -0.4 is 5.32 Å². The van der Waals surface area contributed by atoms with Crippen LogP contribution in [0.2, 0.25) is 0 Å². The van der Waals surface area contributed by atoms with Gasteiger partial charge in [0.15, 0.2) is 0 Å². The monoisotopic (exact) mass is 429 g/mol. The molecule has 2 heterocycles. The van der Waals surface area contributed by atoms with E-state index < -0.39 is 40.8 Å². The third-order valence-electron chi connectivity index (χ3n) is 4.02. The molecule has 0 saturated heterocycles. The summed E-state index contributed by atoms with van der Waals surface area (Å²) in [6.45, 7) is -0.351. The van der Waals surface area contributed by atoms with Crippen molar-refractivity contribution in [2.75, 3.05) is 5.32 Å². The van der Waals surface area contributed by atoms with Crippen LogP contribution in [-0.2, 0) is 18.9 Å². The van der Waals surface area contributed by atoms with E-state index in [1.54, 1.807) is 0 Å². The summed E-state index contributed by atoms with van der Waals surface area (Å²) in [6, 6.07) is 6.25. The number of anilines is 1. The zero-order chi connectivity index (χ0) is 22.1. The molecule has 0 spiro atoms. The number of H-pyrrole nitrogens is 1. The van der Waals surface area contributed by atoms with Gasteiger partial charge in [0.1, 0.15) is 29.0 Å². The number of hydrogen-bond donors (Lipinski definition) is 2. The number of nitrogens with one attached hydrogen (secondary N) is 2. The maximum atomic E-state index is 13.2. The lowest BCUT2D eigenvalue weighted by Gasteiger charge is -2.16. The van der Waals surface area contributed by atoms with E-state index in [2.05, 4.69) is 20.5 Å². The van der Waals surface area contributed by atoms with E-state index >= 15 is 0 Å². The second kappa shape index (κ2) is 7.66. The maximum absolute atomic E-state index is 13.2. The second-order valence-electron chi connectivity index (χ2n) is 5.99. The fraction of sp³-hybridized carbons (Fsp3) is 0.167. The lowest BCUT2D eigenvalue weighted by atomic mass is 10.1. The van der Waals surface area contributed by atoms with Crippen molar-refractivity contribution in [3.63, 3.8) is 0 Å². The number of pyridine rings is 1. The summed E-state index contributed by atoms with van der Waals surface area (Å²) in [5.74, 6) is -1.37. The number of hydrogen-bond acceptors (Lipinski definition) is 4. The van der Waals surface area contributed by atoms with Crippen molar-refractivity contribution in [1.82, 2.24) is 15.2 Å². The normalized spacial score (nSPS) is 11.9. The van der Waals surface area contributed by atoms with Crippen molar-refractivity contribution in [2.24, 2.45) is 0 Å². The average molecular weight is 429 g/mol. The molecule has 0 radical (unpaired) electrons. The lowest BCUT2D eigenvalue weighted by molar-refractivity contribution is -0.145. The Labute approximate surface area is 164 Å². The Bertz CT molecular complexity index is 1090. The fourth-order valence-electron chi connectivity index (χ4n) is 2.65. The van der Waals surface area contributed by atoms with Gasteiger partial charge in [0.25, 0.3) is 0 Å². The molecule has 30 heavy (non-hydrogen) atoms. The summed E-state index contributed by atoms with van der Waals surface area (Å²) in [5.41, 5.74) is -3.47. The molecule has 1 aromatic carbocycles. The quantitative estimate of drug-likeness (QED) is 0.564. The summed E-state index contributed by atoms with van der Waals surface area (Å²) >= 11 is 0. The SMILES string of the molecule is N#Cc1c(C(F)(F)F)cc(C(F)(F)F)nc1NCc1n[nH]cc1-c1ccc(F)cc1. The van der Waals surface area contributed by atoms with Crippen molar-refractivity contribution >= 4 is 5.82 Å². The van der Waals surface area contributed by atoms with Crippen LogP contribution in [0.1, 0.15) is 22.5 Å². The number of nitriles is 1. The Morgan fingerprint density at radius 3 is 2.27 bits per heavy atom. The molecule has 12 heteroatoms. The van der Waals surface area contributed by atoms with Gasteiger partial charge >= 0.3 is 12.4 Å². The van der Waals surface area contributed by atoms with E-state index in [1.165, 1.54) is 36.5 Å². The second-order valence-corrected chi connectivity index (χ2v) is 5.99. The molecular weight excluding hydrogens is 419 g/mol. The molecule has 3 aromatic rings. The van der Waals surface area contributed by atoms with Crippen LogP contribution in [0.4, 0.5) is 36.6 Å². The van der Waals surface area contributed by atoms with Crippen molar-refractivity contribution in [2.45, 2.75) is 18.9 Å². The minimum atomic E-state index is -5.20. The minimum absolute atomic E-state index is 0.206. The highest BCUT2D eigenvalue weighted by atomic mass is 19.4. The van der Waals surface area contributed by atoms with Crippen LogP contribution in [0.15, 0.2) is 36.5 Å². The van der Waals surface area contributed by atoms with Crippen molar-refractivity contribution in [3.05, 3.63) is 64.9 Å². The van der Waals surface area contributed by atoms with Gasteiger partial charge in [0, 0.05) is 11.8 Å². The van der Waals surface area contributed by atoms with Gasteiger partial charge in [-0.3, -0.25) is 5.10 Å². The number of benzene rings is 1. The zero-order valence-electron chi connectivity index (χ0n) is 14.7. The summed E-state index contributed by atoms with van der Waals surface area (Å²) in [4.78, 5) is 3.16. The first-order chi connectivity index (χ1) is 14.0. The summed E-state index contributed by atoms with van der Waals surface area (Å²) in [6.07, 6.45) is -8.93. The van der Waals surface area contributed by atoms with Crippen molar-refractivity contribution < 1.29 is 30.7 Å². The molecule has 0 aliphatic carbocycles. The number of aromatic nitrogens is 3. The standard InChI is InChI=1S/C18H10F7N5/c19-10-3-1-9(2-4-10)12-7-28-30-14(12)8-27-16-11(6-26)13(17(20,21)22)5-15(29-16)18(23,24)25/h1-5,7H,8H2,(H,27,29)(H,28,30). The third kappa shape index (κ3) is 4.35. The smallest absolute Gasteiger partial charge is 0.363 e. The lowest BCUT2D eigenvalue weighted by Crippen LogP contribution is -2.18. The molecule has 156 valence electrons. The molecule has 2 N–H and O–H groups in total. The largest absolute Gasteiger partial charge is 0.433 e. The number of aromatic amines is 1. The van der Waals surface area contributed by atoms with Gasteiger partial charge in [-0.15, -0.1) is 0 Å². The van der Waals surface area contributed by atoms with Gasteiger partial charge in [0.05, 0.1) is 17.8 Å². The Morgan fingerprint density at radius 2 is 1.70 bits per heavy atom. The topological polar surface area (TPSA) is 77.4 Å². The van der Waals surface area contributed by atoms with Gasteiger partial charge in [-0.25, -0.2) is 9.37 Å². The molecule has 2 aromatic heterocycles. The molecule has 0 bridgehead atoms. The predicted octanol–water partition coefficient (Wildman–Crippen LogP) is 5.13. The third-order valence-corrected chi connectivity index (χ3v) is 4.02. The van der Waals surface area contributed by atoms with Gasteiger partial charge in [0.2, 0.25) is 0 Å². The van der Waals surface area contributed by atoms with E-state index in [0.717, 1.165) is 0 Å². The Kier molecular flexibility index (Phi) is 5.39. The van der Waals surface area contributed by atoms with Crippen LogP contribution in [0.3, 0.4) is 0 Å². The molecule has 3 rings (SSSR count). The number of alkyl halides is 6. The number of rotatable bonds is 4. The summed E-state index contributed by atoms with van der Waals surface area (Å²) < 4.78 is 91.7. The molecule has 5 nitrogen and oxygen atoms in total. The number of nitrogens with zero attached hydrogens (tertiary/aromatic N) is 3. The van der Waals surface area contributed by atoms with Gasteiger partial charge in [-0.05, 0) is 23.8 Å². The van der Waals surface area contributed by atoms with Crippen LogP contribution in [-0.4, -0.2) is 15.2 Å². The molecule has 0 aliphatic heterocycles. The Hall–Kier alpha value is -3.62. The van der Waals surface area contributed by atoms with Gasteiger partial charge in [-0.1, -0.05) is 12.1 Å². The molecule has 0 atom stereocenters.